The molecule has 0 bridgehead atoms. The van der Waals surface area contributed by atoms with E-state index in [0.29, 0.717) is 13.2 Å². The van der Waals surface area contributed by atoms with Gasteiger partial charge in [-0.25, -0.2) is 10.4 Å². The van der Waals surface area contributed by atoms with E-state index < -0.39 is 36.7 Å². The van der Waals surface area contributed by atoms with Gasteiger partial charge in [0.05, 0.1) is 26.0 Å². The molecular formula is C21H26N8O6. The Hall–Kier alpha value is -3.56. The van der Waals surface area contributed by atoms with Gasteiger partial charge in [-0.05, 0) is 17.7 Å². The quantitative estimate of drug-likeness (QED) is 0.177. The molecule has 2 saturated heterocycles. The Balaban J connectivity index is 1.42. The van der Waals surface area contributed by atoms with Crippen LogP contribution in [-0.4, -0.2) is 92.3 Å². The Labute approximate surface area is 198 Å². The number of imidazole rings is 1. The van der Waals surface area contributed by atoms with Crippen LogP contribution in [0, 0.1) is 0 Å². The van der Waals surface area contributed by atoms with Gasteiger partial charge in [-0.2, -0.15) is 10.1 Å². The molecule has 5 rings (SSSR count). The van der Waals surface area contributed by atoms with E-state index in [9.17, 15) is 20.1 Å². The Morgan fingerprint density at radius 3 is 2.63 bits per heavy atom. The van der Waals surface area contributed by atoms with Gasteiger partial charge < -0.3 is 35.4 Å². The second kappa shape index (κ2) is 9.59. The molecule has 7 N–H and O–H groups in total. The second-order valence-corrected chi connectivity index (χ2v) is 8.22. The van der Waals surface area contributed by atoms with E-state index in [0.717, 1.165) is 24.3 Å². The molecule has 2 aromatic heterocycles. The zero-order chi connectivity index (χ0) is 24.5. The zero-order valence-electron chi connectivity index (χ0n) is 18.6. The van der Waals surface area contributed by atoms with Gasteiger partial charge in [-0.3, -0.25) is 14.3 Å². The number of aromatic nitrogens is 4. The van der Waals surface area contributed by atoms with Gasteiger partial charge in [0.25, 0.3) is 5.56 Å². The summed E-state index contributed by atoms with van der Waals surface area (Å²) in [5, 5.41) is 34.4. The number of morpholine rings is 1. The number of aromatic amines is 1. The third-order valence-corrected chi connectivity index (χ3v) is 5.99. The number of rotatable bonds is 6. The molecule has 35 heavy (non-hydrogen) atoms. The molecule has 14 nitrogen and oxygen atoms in total. The fourth-order valence-electron chi connectivity index (χ4n) is 4.17. The van der Waals surface area contributed by atoms with Crippen LogP contribution in [0.15, 0.2) is 34.2 Å². The molecule has 0 spiro atoms. The summed E-state index contributed by atoms with van der Waals surface area (Å²) in [6, 6.07) is 7.82. The van der Waals surface area contributed by atoms with Gasteiger partial charge in [0.15, 0.2) is 17.4 Å². The number of aliphatic hydroxyl groups excluding tert-OH is 3. The van der Waals surface area contributed by atoms with Crippen molar-refractivity contribution in [2.24, 2.45) is 5.10 Å². The number of aliphatic hydroxyl groups is 3. The largest absolute Gasteiger partial charge is 0.394 e. The average Bonchev–Trinajstić information content (AvgIpc) is 3.36. The molecule has 2 aliphatic heterocycles. The molecule has 4 atom stereocenters. The molecular weight excluding hydrogens is 460 g/mol. The molecule has 3 aromatic rings. The summed E-state index contributed by atoms with van der Waals surface area (Å²) in [6.07, 6.45) is -3.46. The SMILES string of the molecule is Nc1nc2c(nc(N/N=C\c3ccc(N4CCOCC4)cc3)n2[C@@H]2O[C@H](CO)[C@H](O)[C@H]2O)c(=O)[nH]1. The van der Waals surface area contributed by atoms with E-state index in [2.05, 4.69) is 30.4 Å². The smallest absolute Gasteiger partial charge is 0.280 e. The highest BCUT2D eigenvalue weighted by atomic mass is 16.6. The van der Waals surface area contributed by atoms with Gasteiger partial charge in [-0.15, -0.1) is 0 Å². The minimum Gasteiger partial charge on any atom is -0.394 e. The Kier molecular flexibility index (Phi) is 6.36. The van der Waals surface area contributed by atoms with Crippen molar-refractivity contribution in [2.75, 3.05) is 49.0 Å². The van der Waals surface area contributed by atoms with E-state index in [1.165, 1.54) is 4.57 Å². The number of hydrogen-bond acceptors (Lipinski definition) is 12. The van der Waals surface area contributed by atoms with Crippen molar-refractivity contribution in [3.63, 3.8) is 0 Å². The van der Waals surface area contributed by atoms with Gasteiger partial charge in [-0.1, -0.05) is 12.1 Å². The summed E-state index contributed by atoms with van der Waals surface area (Å²) >= 11 is 0. The number of nitrogens with one attached hydrogen (secondary N) is 2. The van der Waals surface area contributed by atoms with E-state index in [1.807, 2.05) is 24.3 Å². The molecule has 186 valence electrons. The van der Waals surface area contributed by atoms with Crippen LogP contribution in [-0.2, 0) is 9.47 Å². The van der Waals surface area contributed by atoms with E-state index >= 15 is 0 Å². The van der Waals surface area contributed by atoms with Gasteiger partial charge in [0.1, 0.15) is 18.3 Å². The van der Waals surface area contributed by atoms with Gasteiger partial charge >= 0.3 is 0 Å². The number of nitrogens with two attached hydrogens (primary N) is 1. The normalized spacial score (nSPS) is 25.1. The number of hydrazone groups is 1. The predicted molar refractivity (Wildman–Crippen MR) is 126 cm³/mol. The number of nitrogens with zero attached hydrogens (tertiary/aromatic N) is 5. The van der Waals surface area contributed by atoms with E-state index in [-0.39, 0.29) is 23.1 Å². The lowest BCUT2D eigenvalue weighted by Crippen LogP contribution is -2.36. The molecule has 2 aliphatic rings. The lowest BCUT2D eigenvalue weighted by Gasteiger charge is -2.28. The molecule has 0 saturated carbocycles. The summed E-state index contributed by atoms with van der Waals surface area (Å²) in [5.74, 6) is -0.134. The topological polar surface area (TPSA) is 196 Å². The van der Waals surface area contributed by atoms with Gasteiger partial charge in [0.2, 0.25) is 11.9 Å². The third kappa shape index (κ3) is 4.44. The number of benzene rings is 1. The first kappa shape index (κ1) is 23.2. The molecule has 1 aromatic carbocycles. The maximum Gasteiger partial charge on any atom is 0.280 e. The third-order valence-electron chi connectivity index (χ3n) is 5.99. The van der Waals surface area contributed by atoms with Gasteiger partial charge in [0, 0.05) is 18.8 Å². The van der Waals surface area contributed by atoms with Crippen molar-refractivity contribution in [2.45, 2.75) is 24.5 Å². The standard InChI is InChI=1S/C21H26N8O6/c22-20-25-17-14(18(33)26-20)24-21(29(17)19-16(32)15(31)13(10-30)35-19)27-23-9-11-1-3-12(4-2-11)28-5-7-34-8-6-28/h1-4,9,13,15-16,19,30-32H,5-8,10H2,(H,24,27)(H3,22,25,26,33)/b23-9-/t13-,15+,16-,19-/m1/s1. The Bertz CT molecular complexity index is 1270. The van der Waals surface area contributed by atoms with Crippen LogP contribution >= 0.6 is 0 Å². The number of fused-ring (bicyclic) bond motifs is 1. The predicted octanol–water partition coefficient (Wildman–Crippen LogP) is -1.40. The fourth-order valence-corrected chi connectivity index (χ4v) is 4.17. The molecule has 14 heteroatoms. The van der Waals surface area contributed by atoms with Crippen LogP contribution in [0.2, 0.25) is 0 Å². The minimum atomic E-state index is -1.43. The summed E-state index contributed by atoms with van der Waals surface area (Å²) in [4.78, 5) is 25.3. The zero-order valence-corrected chi connectivity index (χ0v) is 18.6. The Morgan fingerprint density at radius 1 is 1.20 bits per heavy atom. The first-order chi connectivity index (χ1) is 17.0. The van der Waals surface area contributed by atoms with Crippen LogP contribution in [0.4, 0.5) is 17.6 Å². The number of nitrogen functional groups attached to an aromatic ring is 1. The average molecular weight is 486 g/mol. The molecule has 0 radical (unpaired) electrons. The summed E-state index contributed by atoms with van der Waals surface area (Å²) in [6.45, 7) is 2.56. The van der Waals surface area contributed by atoms with Crippen molar-refractivity contribution < 1.29 is 24.8 Å². The monoisotopic (exact) mass is 486 g/mol. The van der Waals surface area contributed by atoms with Crippen LogP contribution in [0.25, 0.3) is 11.2 Å². The number of hydrogen-bond donors (Lipinski definition) is 6. The van der Waals surface area contributed by atoms with Crippen molar-refractivity contribution in [3.8, 4) is 0 Å². The molecule has 0 unspecified atom stereocenters. The Morgan fingerprint density at radius 2 is 1.94 bits per heavy atom. The number of anilines is 3. The maximum absolute atomic E-state index is 12.4. The minimum absolute atomic E-state index is 0.0219. The van der Waals surface area contributed by atoms with E-state index in [1.54, 1.807) is 6.21 Å². The van der Waals surface area contributed by atoms with Crippen LogP contribution in [0.1, 0.15) is 11.8 Å². The highest BCUT2D eigenvalue weighted by Gasteiger charge is 2.45. The van der Waals surface area contributed by atoms with Crippen LogP contribution < -0.4 is 21.6 Å². The number of H-pyrrole nitrogens is 1. The molecule has 0 amide bonds. The fraction of sp³-hybridized carbons (Fsp3) is 0.429. The lowest BCUT2D eigenvalue weighted by atomic mass is 10.1. The second-order valence-electron chi connectivity index (χ2n) is 8.22. The van der Waals surface area contributed by atoms with Crippen molar-refractivity contribution in [1.82, 2.24) is 19.5 Å². The van der Waals surface area contributed by atoms with Crippen LogP contribution in [0.5, 0.6) is 0 Å². The lowest BCUT2D eigenvalue weighted by molar-refractivity contribution is -0.0501. The van der Waals surface area contributed by atoms with Crippen LogP contribution in [0.3, 0.4) is 0 Å². The summed E-state index contributed by atoms with van der Waals surface area (Å²) < 4.78 is 12.3. The first-order valence-corrected chi connectivity index (χ1v) is 11.1. The van der Waals surface area contributed by atoms with Crippen molar-refractivity contribution in [3.05, 3.63) is 40.2 Å². The highest BCUT2D eigenvalue weighted by Crippen LogP contribution is 2.34. The van der Waals surface area contributed by atoms with Crippen molar-refractivity contribution >= 4 is 35.0 Å². The molecule has 2 fully saturated rings. The van der Waals surface area contributed by atoms with E-state index in [4.69, 9.17) is 15.2 Å². The number of ether oxygens (including phenoxy) is 2. The van der Waals surface area contributed by atoms with Crippen molar-refractivity contribution in [1.29, 1.82) is 0 Å². The summed E-state index contributed by atoms with van der Waals surface area (Å²) in [7, 11) is 0. The highest BCUT2D eigenvalue weighted by molar-refractivity contribution is 5.81. The first-order valence-electron chi connectivity index (χ1n) is 11.1. The maximum atomic E-state index is 12.4. The molecule has 4 heterocycles. The molecule has 0 aliphatic carbocycles. The summed E-state index contributed by atoms with van der Waals surface area (Å²) in [5.41, 5.74) is 9.71.